The van der Waals surface area contributed by atoms with Gasteiger partial charge in [-0.3, -0.25) is 4.98 Å². The molecule has 0 saturated carbocycles. The number of aromatic nitrogens is 3. The fourth-order valence-corrected chi connectivity index (χ4v) is 1.80. The molecule has 0 aliphatic carbocycles. The van der Waals surface area contributed by atoms with Crippen molar-refractivity contribution < 1.29 is 5.11 Å². The lowest BCUT2D eigenvalue weighted by molar-refractivity contribution is 0.163. The maximum absolute atomic E-state index is 9.92. The van der Waals surface area contributed by atoms with Gasteiger partial charge in [0.1, 0.15) is 5.82 Å². The molecule has 2 rings (SSSR count). The molecule has 2 aromatic rings. The van der Waals surface area contributed by atoms with E-state index in [0.717, 1.165) is 17.9 Å². The van der Waals surface area contributed by atoms with E-state index in [1.807, 2.05) is 36.0 Å². The molecule has 2 heterocycles. The summed E-state index contributed by atoms with van der Waals surface area (Å²) in [6.07, 6.45) is 7.19. The molecule has 17 heavy (non-hydrogen) atoms. The third kappa shape index (κ3) is 3.39. The molecular weight excluding hydrogens is 214 g/mol. The van der Waals surface area contributed by atoms with Gasteiger partial charge in [0.05, 0.1) is 6.10 Å². The molecule has 0 aliphatic rings. The van der Waals surface area contributed by atoms with E-state index in [1.165, 1.54) is 0 Å². The van der Waals surface area contributed by atoms with Crippen molar-refractivity contribution in [1.82, 2.24) is 14.5 Å². The summed E-state index contributed by atoms with van der Waals surface area (Å²) in [6, 6.07) is 5.75. The van der Waals surface area contributed by atoms with Crippen LogP contribution in [0.5, 0.6) is 0 Å². The molecule has 0 spiro atoms. The van der Waals surface area contributed by atoms with E-state index in [9.17, 15) is 5.11 Å². The summed E-state index contributed by atoms with van der Waals surface area (Å²) in [6.45, 7) is 0. The first-order valence-corrected chi connectivity index (χ1v) is 5.80. The predicted octanol–water partition coefficient (Wildman–Crippen LogP) is 1.35. The molecule has 1 atom stereocenters. The average Bonchev–Trinajstić information content (AvgIpc) is 2.74. The zero-order chi connectivity index (χ0) is 12.1. The van der Waals surface area contributed by atoms with Crippen LogP contribution in [0, 0.1) is 0 Å². The van der Waals surface area contributed by atoms with E-state index in [1.54, 1.807) is 12.4 Å². The first-order chi connectivity index (χ1) is 8.25. The Labute approximate surface area is 101 Å². The topological polar surface area (TPSA) is 50.9 Å². The first-order valence-electron chi connectivity index (χ1n) is 5.80. The highest BCUT2D eigenvalue weighted by molar-refractivity contribution is 5.04. The molecule has 4 nitrogen and oxygen atoms in total. The van der Waals surface area contributed by atoms with Crippen LogP contribution >= 0.6 is 0 Å². The molecule has 0 fully saturated rings. The van der Waals surface area contributed by atoms with Gasteiger partial charge >= 0.3 is 0 Å². The number of nitrogens with zero attached hydrogens (tertiary/aromatic N) is 3. The molecule has 0 radical (unpaired) electrons. The molecule has 0 aliphatic heterocycles. The lowest BCUT2D eigenvalue weighted by Gasteiger charge is -2.09. The fourth-order valence-electron chi connectivity index (χ4n) is 1.80. The summed E-state index contributed by atoms with van der Waals surface area (Å²) in [7, 11) is 1.97. The van der Waals surface area contributed by atoms with Crippen molar-refractivity contribution in [2.24, 2.45) is 7.05 Å². The molecule has 2 aromatic heterocycles. The van der Waals surface area contributed by atoms with Crippen LogP contribution in [0.1, 0.15) is 17.9 Å². The summed E-state index contributed by atoms with van der Waals surface area (Å²) in [5.74, 6) is 1.00. The predicted molar refractivity (Wildman–Crippen MR) is 65.5 cm³/mol. The van der Waals surface area contributed by atoms with Crippen molar-refractivity contribution in [2.75, 3.05) is 0 Å². The highest BCUT2D eigenvalue weighted by Gasteiger charge is 2.08. The van der Waals surface area contributed by atoms with Crippen molar-refractivity contribution in [1.29, 1.82) is 0 Å². The van der Waals surface area contributed by atoms with Crippen molar-refractivity contribution >= 4 is 0 Å². The number of imidazole rings is 1. The number of rotatable bonds is 5. The second-order valence-electron chi connectivity index (χ2n) is 4.17. The molecule has 1 N–H and O–H groups in total. The van der Waals surface area contributed by atoms with Gasteiger partial charge in [0.25, 0.3) is 0 Å². The number of pyridine rings is 1. The normalized spacial score (nSPS) is 12.6. The van der Waals surface area contributed by atoms with E-state index in [4.69, 9.17) is 0 Å². The Morgan fingerprint density at radius 3 is 2.82 bits per heavy atom. The average molecular weight is 231 g/mol. The smallest absolute Gasteiger partial charge is 0.108 e. The molecular formula is C13H17N3O. The summed E-state index contributed by atoms with van der Waals surface area (Å²) in [4.78, 5) is 8.43. The number of hydrogen-bond donors (Lipinski definition) is 1. The van der Waals surface area contributed by atoms with Gasteiger partial charge in [-0.05, 0) is 18.6 Å². The van der Waals surface area contributed by atoms with E-state index in [-0.39, 0.29) is 6.10 Å². The van der Waals surface area contributed by atoms with Crippen LogP contribution < -0.4 is 0 Å². The monoisotopic (exact) mass is 231 g/mol. The van der Waals surface area contributed by atoms with E-state index in [0.29, 0.717) is 12.8 Å². The second kappa shape index (κ2) is 5.59. The number of aryl methyl sites for hydroxylation is 2. The summed E-state index contributed by atoms with van der Waals surface area (Å²) >= 11 is 0. The third-order valence-corrected chi connectivity index (χ3v) is 2.79. The van der Waals surface area contributed by atoms with Gasteiger partial charge in [-0.2, -0.15) is 0 Å². The lowest BCUT2D eigenvalue weighted by Crippen LogP contribution is -2.13. The van der Waals surface area contributed by atoms with Crippen molar-refractivity contribution in [2.45, 2.75) is 25.4 Å². The number of hydrogen-bond acceptors (Lipinski definition) is 3. The fraction of sp³-hybridized carbons (Fsp3) is 0.385. The van der Waals surface area contributed by atoms with Crippen LogP contribution in [0.2, 0.25) is 0 Å². The van der Waals surface area contributed by atoms with Crippen LogP contribution in [0.25, 0.3) is 0 Å². The lowest BCUT2D eigenvalue weighted by atomic mass is 10.1. The minimum Gasteiger partial charge on any atom is -0.393 e. The third-order valence-electron chi connectivity index (χ3n) is 2.79. The Morgan fingerprint density at radius 1 is 1.29 bits per heavy atom. The summed E-state index contributed by atoms with van der Waals surface area (Å²) in [5.41, 5.74) is 0.930. The number of aliphatic hydroxyl groups excluding tert-OH is 1. The highest BCUT2D eigenvalue weighted by Crippen LogP contribution is 2.06. The van der Waals surface area contributed by atoms with Crippen LogP contribution in [0.4, 0.5) is 0 Å². The van der Waals surface area contributed by atoms with Gasteiger partial charge in [0.2, 0.25) is 0 Å². The second-order valence-corrected chi connectivity index (χ2v) is 4.17. The molecule has 0 aromatic carbocycles. The van der Waals surface area contributed by atoms with Crippen LogP contribution in [0.3, 0.4) is 0 Å². The molecule has 90 valence electrons. The standard InChI is InChI=1S/C13H17N3O/c1-16-9-8-15-13(16)6-5-12(17)10-11-4-2-3-7-14-11/h2-4,7-9,12,17H,5-6,10H2,1H3. The summed E-state index contributed by atoms with van der Waals surface area (Å²) in [5, 5.41) is 9.92. The molecule has 0 saturated heterocycles. The van der Waals surface area contributed by atoms with Gasteiger partial charge in [-0.25, -0.2) is 4.98 Å². The zero-order valence-corrected chi connectivity index (χ0v) is 9.95. The highest BCUT2D eigenvalue weighted by atomic mass is 16.3. The largest absolute Gasteiger partial charge is 0.393 e. The van der Waals surface area contributed by atoms with Gasteiger partial charge < -0.3 is 9.67 Å². The molecule has 1 unspecified atom stereocenters. The maximum Gasteiger partial charge on any atom is 0.108 e. The molecule has 0 bridgehead atoms. The van der Waals surface area contributed by atoms with E-state index < -0.39 is 0 Å². The van der Waals surface area contributed by atoms with Gasteiger partial charge in [-0.15, -0.1) is 0 Å². The van der Waals surface area contributed by atoms with Crippen LogP contribution in [0.15, 0.2) is 36.8 Å². The Balaban J connectivity index is 1.82. The first kappa shape index (κ1) is 11.8. The van der Waals surface area contributed by atoms with Gasteiger partial charge in [-0.1, -0.05) is 6.07 Å². The Morgan fingerprint density at radius 2 is 2.18 bits per heavy atom. The minimum atomic E-state index is -0.360. The minimum absolute atomic E-state index is 0.360. The molecule has 4 heteroatoms. The summed E-state index contributed by atoms with van der Waals surface area (Å²) < 4.78 is 1.98. The van der Waals surface area contributed by atoms with Crippen LogP contribution in [-0.4, -0.2) is 25.7 Å². The van der Waals surface area contributed by atoms with Crippen LogP contribution in [-0.2, 0) is 19.9 Å². The Hall–Kier alpha value is -1.68. The van der Waals surface area contributed by atoms with Crippen molar-refractivity contribution in [3.63, 3.8) is 0 Å². The van der Waals surface area contributed by atoms with Gasteiger partial charge in [0.15, 0.2) is 0 Å². The Kier molecular flexibility index (Phi) is 3.88. The van der Waals surface area contributed by atoms with Gasteiger partial charge in [0, 0.05) is 44.2 Å². The van der Waals surface area contributed by atoms with E-state index in [2.05, 4.69) is 9.97 Å². The van der Waals surface area contributed by atoms with Crippen molar-refractivity contribution in [3.8, 4) is 0 Å². The maximum atomic E-state index is 9.92. The molecule has 0 amide bonds. The zero-order valence-electron chi connectivity index (χ0n) is 9.95. The van der Waals surface area contributed by atoms with E-state index >= 15 is 0 Å². The quantitative estimate of drug-likeness (QED) is 0.845. The Bertz CT molecular complexity index is 453. The number of aliphatic hydroxyl groups is 1. The SMILES string of the molecule is Cn1ccnc1CCC(O)Cc1ccccn1. The van der Waals surface area contributed by atoms with Crippen molar-refractivity contribution in [3.05, 3.63) is 48.3 Å².